The molecule has 17 heteroatoms. The molecule has 2 aromatic heterocycles. The number of amides is 4. The Morgan fingerprint density at radius 3 is 2.41 bits per heavy atom. The number of carbonyl (C=O) groups is 4. The van der Waals surface area contributed by atoms with E-state index in [2.05, 4.69) is 41.4 Å². The Balaban J connectivity index is 0.768. The Morgan fingerprint density at radius 2 is 1.67 bits per heavy atom. The minimum atomic E-state index is -0.615. The fraction of sp³-hybridized carbons (Fsp3) is 0.386. The zero-order valence-electron chi connectivity index (χ0n) is 34.0. The SMILES string of the molecule is COc1ccc(F)cc1C(=O)NCc1ccc(-c2nn(C3CCN(CCN4CCN(c5ccc6c(c5)CN([C@H]5CCC(=O)NC5=O)C6=O)CC4)CC3)c3ncnc(N)c23)cc1. The molecule has 6 heterocycles. The predicted octanol–water partition coefficient (Wildman–Crippen LogP) is 3.37. The molecule has 5 aromatic rings. The van der Waals surface area contributed by atoms with Crippen molar-refractivity contribution in [2.24, 2.45) is 0 Å². The van der Waals surface area contributed by atoms with Crippen molar-refractivity contribution in [2.45, 2.75) is 50.9 Å². The third-order valence-corrected chi connectivity index (χ3v) is 12.5. The number of piperidine rings is 2. The van der Waals surface area contributed by atoms with Gasteiger partial charge in [0.15, 0.2) is 5.65 Å². The first-order chi connectivity index (χ1) is 29.6. The smallest absolute Gasteiger partial charge is 0.255 e. The number of rotatable bonds is 11. The Kier molecular flexibility index (Phi) is 11.1. The standard InChI is InChI=1S/C44H48FN11O5/c1-61-36-10-6-30(45)23-34(36)42(58)47-24-27-2-4-28(5-3-27)39-38-40(46)48-26-49-41(38)56(51-39)31-12-14-52(15-13-31)16-17-53-18-20-54(21-19-53)32-7-8-33-29(22-32)25-55(44(33)60)35-9-11-37(57)50-43(35)59/h2-8,10,22-23,26,31,35H,9,11-21,24-25H2,1H3,(H,47,58)(H2,46,48,49)(H,50,57,59)/t35-/m0/s1. The van der Waals surface area contributed by atoms with Gasteiger partial charge in [-0.2, -0.15) is 5.10 Å². The number of halogens is 1. The molecule has 3 saturated heterocycles. The molecule has 4 aliphatic heterocycles. The molecule has 0 spiro atoms. The maximum Gasteiger partial charge on any atom is 0.255 e. The monoisotopic (exact) mass is 829 g/mol. The maximum atomic E-state index is 13.8. The topological polar surface area (TPSA) is 184 Å². The lowest BCUT2D eigenvalue weighted by Gasteiger charge is -2.38. The van der Waals surface area contributed by atoms with E-state index in [9.17, 15) is 23.6 Å². The van der Waals surface area contributed by atoms with Gasteiger partial charge in [-0.1, -0.05) is 24.3 Å². The van der Waals surface area contributed by atoms with Crippen LogP contribution in [0.5, 0.6) is 5.75 Å². The van der Waals surface area contributed by atoms with Crippen LogP contribution in [0.25, 0.3) is 22.3 Å². The van der Waals surface area contributed by atoms with Crippen LogP contribution in [0.2, 0.25) is 0 Å². The summed E-state index contributed by atoms with van der Waals surface area (Å²) in [7, 11) is 1.44. The molecule has 0 unspecified atom stereocenters. The van der Waals surface area contributed by atoms with Crippen molar-refractivity contribution >= 4 is 46.2 Å². The molecule has 0 aliphatic carbocycles. The van der Waals surface area contributed by atoms with Crippen molar-refractivity contribution in [2.75, 3.05) is 70.1 Å². The Bertz CT molecular complexity index is 2500. The van der Waals surface area contributed by atoms with Gasteiger partial charge < -0.3 is 30.5 Å². The first-order valence-electron chi connectivity index (χ1n) is 20.8. The molecule has 4 N–H and O–H groups in total. The van der Waals surface area contributed by atoms with Crippen molar-refractivity contribution in [3.8, 4) is 17.0 Å². The van der Waals surface area contributed by atoms with Gasteiger partial charge in [-0.05, 0) is 66.8 Å². The summed E-state index contributed by atoms with van der Waals surface area (Å²) in [4.78, 5) is 68.0. The van der Waals surface area contributed by atoms with Crippen molar-refractivity contribution in [1.29, 1.82) is 0 Å². The second kappa shape index (κ2) is 16.9. The number of nitrogens with two attached hydrogens (primary N) is 1. The molecule has 0 saturated carbocycles. The molecule has 16 nitrogen and oxygen atoms in total. The lowest BCUT2D eigenvalue weighted by molar-refractivity contribution is -0.136. The fourth-order valence-electron chi connectivity index (χ4n) is 9.03. The molecule has 0 radical (unpaired) electrons. The van der Waals surface area contributed by atoms with Gasteiger partial charge in [-0.25, -0.2) is 19.0 Å². The number of ether oxygens (including phenoxy) is 1. The fourth-order valence-corrected chi connectivity index (χ4v) is 9.03. The highest BCUT2D eigenvalue weighted by molar-refractivity contribution is 6.05. The summed E-state index contributed by atoms with van der Waals surface area (Å²) < 4.78 is 21.1. The molecule has 61 heavy (non-hydrogen) atoms. The van der Waals surface area contributed by atoms with E-state index in [-0.39, 0.29) is 36.4 Å². The number of likely N-dealkylation sites (tertiary alicyclic amines) is 1. The molecular weight excluding hydrogens is 782 g/mol. The van der Waals surface area contributed by atoms with E-state index < -0.39 is 23.7 Å². The number of methoxy groups -OCH3 is 1. The summed E-state index contributed by atoms with van der Waals surface area (Å²) >= 11 is 0. The van der Waals surface area contributed by atoms with Gasteiger partial charge in [0.2, 0.25) is 11.8 Å². The number of piperazine rings is 1. The maximum absolute atomic E-state index is 13.8. The van der Waals surface area contributed by atoms with Crippen LogP contribution in [0.3, 0.4) is 0 Å². The molecule has 3 aromatic carbocycles. The van der Waals surface area contributed by atoms with Crippen LogP contribution >= 0.6 is 0 Å². The number of nitrogen functional groups attached to an aromatic ring is 1. The zero-order chi connectivity index (χ0) is 42.2. The van der Waals surface area contributed by atoms with Gasteiger partial charge in [-0.3, -0.25) is 29.4 Å². The quantitative estimate of drug-likeness (QED) is 0.165. The minimum Gasteiger partial charge on any atom is -0.496 e. The summed E-state index contributed by atoms with van der Waals surface area (Å²) in [6.07, 6.45) is 3.92. The molecule has 9 rings (SSSR count). The summed E-state index contributed by atoms with van der Waals surface area (Å²) in [5.74, 6) is -1.12. The first-order valence-corrected chi connectivity index (χ1v) is 20.8. The highest BCUT2D eigenvalue weighted by atomic mass is 19.1. The first kappa shape index (κ1) is 40.0. The zero-order valence-corrected chi connectivity index (χ0v) is 34.0. The number of carbonyl (C=O) groups excluding carboxylic acids is 4. The van der Waals surface area contributed by atoms with E-state index in [1.54, 1.807) is 4.90 Å². The van der Waals surface area contributed by atoms with Gasteiger partial charge in [-0.15, -0.1) is 0 Å². The Morgan fingerprint density at radius 1 is 0.918 bits per heavy atom. The van der Waals surface area contributed by atoms with Crippen molar-refractivity contribution in [1.82, 2.24) is 45.1 Å². The molecule has 0 bridgehead atoms. The predicted molar refractivity (Wildman–Crippen MR) is 225 cm³/mol. The number of anilines is 2. The van der Waals surface area contributed by atoms with Gasteiger partial charge in [0.1, 0.15) is 35.4 Å². The van der Waals surface area contributed by atoms with E-state index >= 15 is 0 Å². The molecule has 316 valence electrons. The number of aromatic nitrogens is 4. The minimum absolute atomic E-state index is 0.130. The lowest BCUT2D eigenvalue weighted by Crippen LogP contribution is -2.52. The Hall–Kier alpha value is -6.46. The molecule has 4 amide bonds. The van der Waals surface area contributed by atoms with Crippen molar-refractivity contribution in [3.05, 3.63) is 95.1 Å². The second-order valence-corrected chi connectivity index (χ2v) is 16.1. The third kappa shape index (κ3) is 8.10. The number of benzene rings is 3. The van der Waals surface area contributed by atoms with Crippen LogP contribution in [-0.2, 0) is 22.7 Å². The van der Waals surface area contributed by atoms with Crippen LogP contribution in [0, 0.1) is 5.82 Å². The van der Waals surface area contributed by atoms with Crippen LogP contribution in [0.4, 0.5) is 15.9 Å². The van der Waals surface area contributed by atoms with Gasteiger partial charge in [0.25, 0.3) is 11.8 Å². The van der Waals surface area contributed by atoms with E-state index in [1.807, 2.05) is 41.1 Å². The van der Waals surface area contributed by atoms with E-state index in [0.717, 1.165) is 93.6 Å². The van der Waals surface area contributed by atoms with Crippen LogP contribution < -0.4 is 26.0 Å². The third-order valence-electron chi connectivity index (χ3n) is 12.5. The number of nitrogens with zero attached hydrogens (tertiary/aromatic N) is 8. The summed E-state index contributed by atoms with van der Waals surface area (Å²) in [6.45, 7) is 8.11. The second-order valence-electron chi connectivity index (χ2n) is 16.1. The molecule has 3 fully saturated rings. The average Bonchev–Trinajstić information content (AvgIpc) is 3.83. The van der Waals surface area contributed by atoms with Crippen LogP contribution in [-0.4, -0.2) is 124 Å². The number of fused-ring (bicyclic) bond motifs is 2. The summed E-state index contributed by atoms with van der Waals surface area (Å²) in [6, 6.07) is 17.1. The van der Waals surface area contributed by atoms with Crippen LogP contribution in [0.1, 0.15) is 63.6 Å². The normalized spacial score (nSPS) is 19.0. The van der Waals surface area contributed by atoms with Gasteiger partial charge in [0.05, 0.1) is 24.1 Å². The molecule has 1 atom stereocenters. The Labute approximate surface area is 351 Å². The van der Waals surface area contributed by atoms with Crippen LogP contribution in [0.15, 0.2) is 67.0 Å². The number of hydrogen-bond acceptors (Lipinski definition) is 12. The van der Waals surface area contributed by atoms with E-state index in [0.29, 0.717) is 46.8 Å². The number of nitrogens with one attached hydrogen (secondary N) is 2. The molecule has 4 aliphatic rings. The highest BCUT2D eigenvalue weighted by Crippen LogP contribution is 2.35. The highest BCUT2D eigenvalue weighted by Gasteiger charge is 2.39. The van der Waals surface area contributed by atoms with Gasteiger partial charge >= 0.3 is 0 Å². The van der Waals surface area contributed by atoms with E-state index in [1.165, 1.54) is 25.6 Å². The molecular formula is C44H48FN11O5. The van der Waals surface area contributed by atoms with Crippen molar-refractivity contribution < 1.29 is 28.3 Å². The number of hydrogen-bond donors (Lipinski definition) is 3. The summed E-state index contributed by atoms with van der Waals surface area (Å²) in [5, 5.41) is 11.0. The lowest BCUT2D eigenvalue weighted by atomic mass is 10.0. The largest absolute Gasteiger partial charge is 0.496 e. The average molecular weight is 830 g/mol. The summed E-state index contributed by atoms with van der Waals surface area (Å²) in [5.41, 5.74) is 12.3. The van der Waals surface area contributed by atoms with E-state index in [4.69, 9.17) is 15.6 Å². The van der Waals surface area contributed by atoms with Gasteiger partial charge in [0, 0.05) is 88.7 Å². The number of imide groups is 1. The van der Waals surface area contributed by atoms with Crippen molar-refractivity contribution in [3.63, 3.8) is 0 Å².